The summed E-state index contributed by atoms with van der Waals surface area (Å²) in [5.74, 6) is 0.944. The van der Waals surface area contributed by atoms with Crippen LogP contribution in [0.2, 0.25) is 0 Å². The number of aryl methyl sites for hydroxylation is 1. The van der Waals surface area contributed by atoms with Crippen molar-refractivity contribution < 1.29 is 23.0 Å². The fourth-order valence-electron chi connectivity index (χ4n) is 5.83. The van der Waals surface area contributed by atoms with Crippen molar-refractivity contribution in [3.63, 3.8) is 0 Å². The average molecular weight is 500 g/mol. The molecular weight excluding hydrogens is 467 g/mol. The van der Waals surface area contributed by atoms with Crippen LogP contribution in [0, 0.1) is 11.8 Å². The molecule has 2 N–H and O–H groups in total. The number of nitrogens with one attached hydrogen (secondary N) is 1. The Morgan fingerprint density at radius 3 is 2.64 bits per heavy atom. The van der Waals surface area contributed by atoms with E-state index in [0.717, 1.165) is 45.2 Å². The van der Waals surface area contributed by atoms with Crippen LogP contribution in [0.15, 0.2) is 54.6 Å². The van der Waals surface area contributed by atoms with Gasteiger partial charge < -0.3 is 19.7 Å². The van der Waals surface area contributed by atoms with Gasteiger partial charge in [-0.2, -0.15) is 0 Å². The maximum Gasteiger partial charge on any atom is 0.573 e. The topological polar surface area (TPSA) is 61.4 Å². The number of halogens is 3. The molecule has 1 heterocycles. The number of hydrogen-bond donors (Lipinski definition) is 2. The van der Waals surface area contributed by atoms with Gasteiger partial charge in [-0.3, -0.25) is 0 Å². The van der Waals surface area contributed by atoms with Crippen molar-refractivity contribution in [1.29, 1.82) is 0 Å². The monoisotopic (exact) mass is 499 g/mol. The number of para-hydroxylation sites is 1. The Kier molecular flexibility index (Phi) is 6.83. The number of imidazole rings is 1. The van der Waals surface area contributed by atoms with Crippen LogP contribution in [-0.2, 0) is 6.42 Å². The summed E-state index contributed by atoms with van der Waals surface area (Å²) in [6.45, 7) is 1.59. The molecule has 2 aromatic carbocycles. The zero-order valence-corrected chi connectivity index (χ0v) is 20.4. The van der Waals surface area contributed by atoms with Crippen molar-refractivity contribution in [2.75, 3.05) is 20.1 Å². The van der Waals surface area contributed by atoms with Crippen LogP contribution < -0.4 is 4.74 Å². The maximum absolute atomic E-state index is 12.7. The Balaban J connectivity index is 1.13. The summed E-state index contributed by atoms with van der Waals surface area (Å²) in [4.78, 5) is 9.65. The van der Waals surface area contributed by atoms with Crippen LogP contribution in [0.4, 0.5) is 13.2 Å². The van der Waals surface area contributed by atoms with Crippen LogP contribution in [-0.4, -0.2) is 52.1 Å². The normalized spacial score (nSPS) is 23.9. The van der Waals surface area contributed by atoms with E-state index in [1.165, 1.54) is 23.3 Å². The Hall–Kier alpha value is -2.84. The van der Waals surface area contributed by atoms with Crippen molar-refractivity contribution in [1.82, 2.24) is 14.9 Å². The third-order valence-electron chi connectivity index (χ3n) is 7.67. The number of nitrogens with zero attached hydrogens (tertiary/aromatic N) is 2. The van der Waals surface area contributed by atoms with Crippen LogP contribution in [0.1, 0.15) is 43.5 Å². The minimum atomic E-state index is -4.75. The first-order valence-corrected chi connectivity index (χ1v) is 12.6. The lowest BCUT2D eigenvalue weighted by atomic mass is 9.61. The molecule has 0 amide bonds. The number of aliphatic hydroxyl groups is 1. The zero-order valence-electron chi connectivity index (χ0n) is 20.4. The fourth-order valence-corrected chi connectivity index (χ4v) is 5.83. The van der Waals surface area contributed by atoms with Gasteiger partial charge in [-0.15, -0.1) is 13.2 Å². The molecule has 1 fully saturated rings. The third-order valence-corrected chi connectivity index (χ3v) is 7.67. The molecule has 3 atom stereocenters. The van der Waals surface area contributed by atoms with Gasteiger partial charge in [-0.1, -0.05) is 42.5 Å². The summed E-state index contributed by atoms with van der Waals surface area (Å²) >= 11 is 0. The first-order chi connectivity index (χ1) is 17.2. The highest BCUT2D eigenvalue weighted by atomic mass is 19.4. The van der Waals surface area contributed by atoms with E-state index in [1.54, 1.807) is 6.07 Å². The number of H-pyrrole nitrogens is 1. The van der Waals surface area contributed by atoms with Crippen LogP contribution >= 0.6 is 0 Å². The highest BCUT2D eigenvalue weighted by Gasteiger charge is 2.46. The molecule has 0 radical (unpaired) electrons. The molecule has 1 saturated carbocycles. The molecule has 8 heteroatoms. The molecule has 0 saturated heterocycles. The van der Waals surface area contributed by atoms with E-state index >= 15 is 0 Å². The lowest BCUT2D eigenvalue weighted by Crippen LogP contribution is -2.48. The molecule has 1 aromatic heterocycles. The first-order valence-electron chi connectivity index (χ1n) is 12.6. The van der Waals surface area contributed by atoms with Gasteiger partial charge in [0.25, 0.3) is 0 Å². The number of ether oxygens (including phenoxy) is 1. The van der Waals surface area contributed by atoms with Gasteiger partial charge in [-0.25, -0.2) is 4.98 Å². The Bertz CT molecular complexity index is 1220. The summed E-state index contributed by atoms with van der Waals surface area (Å²) in [5, 5.41) is 11.5. The molecule has 6 rings (SSSR count). The van der Waals surface area contributed by atoms with Crippen molar-refractivity contribution >= 4 is 16.6 Å². The van der Waals surface area contributed by atoms with Crippen LogP contribution in [0.5, 0.6) is 5.75 Å². The van der Waals surface area contributed by atoms with E-state index in [4.69, 9.17) is 0 Å². The van der Waals surface area contributed by atoms with E-state index in [0.29, 0.717) is 23.7 Å². The number of allylic oxidation sites excluding steroid dienone is 1. The number of alkyl halides is 3. The molecule has 3 aromatic rings. The highest BCUT2D eigenvalue weighted by molar-refractivity contribution is 5.81. The summed E-state index contributed by atoms with van der Waals surface area (Å²) in [5.41, 5.74) is 2.71. The largest absolute Gasteiger partial charge is 0.573 e. The summed E-state index contributed by atoms with van der Waals surface area (Å²) < 4.78 is 42.1. The number of aromatic amines is 1. The van der Waals surface area contributed by atoms with E-state index in [1.807, 2.05) is 13.1 Å². The average Bonchev–Trinajstić information content (AvgIpc) is 3.27. The van der Waals surface area contributed by atoms with Crippen molar-refractivity contribution in [2.24, 2.45) is 11.8 Å². The van der Waals surface area contributed by atoms with E-state index < -0.39 is 12.0 Å². The molecule has 36 heavy (non-hydrogen) atoms. The second-order valence-electron chi connectivity index (χ2n) is 10.2. The summed E-state index contributed by atoms with van der Waals surface area (Å²) in [7, 11) is 2.05. The predicted octanol–water partition coefficient (Wildman–Crippen LogP) is 5.96. The highest BCUT2D eigenvalue weighted by Crippen LogP contribution is 2.51. The van der Waals surface area contributed by atoms with Crippen LogP contribution in [0.25, 0.3) is 16.6 Å². The predicted molar refractivity (Wildman–Crippen MR) is 133 cm³/mol. The minimum absolute atomic E-state index is 0.190. The van der Waals surface area contributed by atoms with Crippen molar-refractivity contribution in [3.8, 4) is 5.75 Å². The molecule has 3 aliphatic rings. The van der Waals surface area contributed by atoms with Gasteiger partial charge in [0.1, 0.15) is 11.3 Å². The number of benzene rings is 2. The number of fused-ring (bicyclic) bond motifs is 3. The van der Waals surface area contributed by atoms with Gasteiger partial charge in [0.2, 0.25) is 0 Å². The zero-order chi connectivity index (χ0) is 25.3. The van der Waals surface area contributed by atoms with Gasteiger partial charge in [-0.05, 0) is 74.9 Å². The lowest BCUT2D eigenvalue weighted by Gasteiger charge is -2.48. The quantitative estimate of drug-likeness (QED) is 0.381. The second-order valence-corrected chi connectivity index (χ2v) is 10.2. The molecule has 2 bridgehead atoms. The van der Waals surface area contributed by atoms with E-state index in [-0.39, 0.29) is 17.2 Å². The van der Waals surface area contributed by atoms with Gasteiger partial charge in [0.15, 0.2) is 5.75 Å². The first kappa shape index (κ1) is 24.8. The molecular formula is C28H32F3N3O2. The minimum Gasteiger partial charge on any atom is -0.403 e. The molecule has 0 spiro atoms. The van der Waals surface area contributed by atoms with Gasteiger partial charge in [0, 0.05) is 18.9 Å². The Labute approximate surface area is 209 Å². The molecule has 3 aliphatic carbocycles. The third kappa shape index (κ3) is 5.44. The van der Waals surface area contributed by atoms with Crippen LogP contribution in [0.3, 0.4) is 0 Å². The number of rotatable bonds is 9. The summed E-state index contributed by atoms with van der Waals surface area (Å²) in [6.07, 6.45) is 2.68. The molecule has 5 nitrogen and oxygen atoms in total. The van der Waals surface area contributed by atoms with E-state index in [9.17, 15) is 18.3 Å². The smallest absolute Gasteiger partial charge is 0.403 e. The van der Waals surface area contributed by atoms with Gasteiger partial charge >= 0.3 is 6.36 Å². The second kappa shape index (κ2) is 9.90. The van der Waals surface area contributed by atoms with Crippen molar-refractivity contribution in [3.05, 3.63) is 66.0 Å². The fraction of sp³-hybridized carbons (Fsp3) is 0.464. The maximum atomic E-state index is 12.7. The number of aromatic nitrogens is 2. The lowest BCUT2D eigenvalue weighted by molar-refractivity contribution is -0.274. The SMILES string of the molecule is CN(CCCc1nc2c(OC(F)(F)F)cccc2[nH]1)CCC1(O)CC2CCC1C=C2c1ccccc1. The molecule has 0 aliphatic heterocycles. The summed E-state index contributed by atoms with van der Waals surface area (Å²) in [6, 6.07) is 15.0. The Morgan fingerprint density at radius 2 is 1.92 bits per heavy atom. The Morgan fingerprint density at radius 1 is 1.11 bits per heavy atom. The molecule has 192 valence electrons. The van der Waals surface area contributed by atoms with Gasteiger partial charge in [0.05, 0.1) is 11.1 Å². The van der Waals surface area contributed by atoms with Crippen molar-refractivity contribution in [2.45, 2.75) is 50.5 Å². The standard InChI is InChI=1S/C28H32F3N3O2/c1-34(15-6-11-25-32-23-9-5-10-24(26(23)33-25)36-28(29,30)31)16-14-27(35)18-20-12-13-21(27)17-22(20)19-7-3-2-4-8-19/h2-5,7-10,17,20-21,35H,6,11-16,18H2,1H3,(H,32,33). The van der Waals surface area contributed by atoms with E-state index in [2.05, 4.69) is 49.9 Å². The molecule has 3 unspecified atom stereocenters. The number of hydrogen-bond acceptors (Lipinski definition) is 4.